The molecule has 0 atom stereocenters. The molecule has 0 aliphatic carbocycles. The molecule has 0 saturated carbocycles. The lowest BCUT2D eigenvalue weighted by Crippen LogP contribution is -2.48. The molecule has 0 aromatic heterocycles. The van der Waals surface area contributed by atoms with Crippen LogP contribution in [0.25, 0.3) is 0 Å². The first-order valence-electron chi connectivity index (χ1n) is 8.97. The molecule has 1 saturated heterocycles. The summed E-state index contributed by atoms with van der Waals surface area (Å²) in [6, 6.07) is 11.4. The lowest BCUT2D eigenvalue weighted by molar-refractivity contribution is 0.0747. The lowest BCUT2D eigenvalue weighted by Gasteiger charge is -2.36. The van der Waals surface area contributed by atoms with Crippen LogP contribution in [0.1, 0.15) is 10.4 Å². The number of carbonyl (C=O) groups is 1. The fraction of sp³-hybridized carbons (Fsp3) is 0.350. The van der Waals surface area contributed by atoms with Crippen LogP contribution in [0.5, 0.6) is 17.2 Å². The van der Waals surface area contributed by atoms with E-state index in [4.69, 9.17) is 14.2 Å². The van der Waals surface area contributed by atoms with E-state index < -0.39 is 0 Å². The Bertz CT molecular complexity index is 797. The maximum atomic E-state index is 12.8. The van der Waals surface area contributed by atoms with E-state index in [1.165, 1.54) is 0 Å². The van der Waals surface area contributed by atoms with Crippen LogP contribution in [0.4, 0.5) is 5.69 Å². The van der Waals surface area contributed by atoms with Gasteiger partial charge in [-0.15, -0.1) is 0 Å². The molecule has 1 fully saturated rings. The molecule has 0 bridgehead atoms. The summed E-state index contributed by atoms with van der Waals surface area (Å²) in [7, 11) is 6.87. The molecule has 1 aliphatic heterocycles. The molecule has 2 aromatic carbocycles. The number of ether oxygens (including phenoxy) is 3. The number of amides is 1. The summed E-state index contributed by atoms with van der Waals surface area (Å²) in [5.74, 6) is 2.38. The largest absolute Gasteiger partial charge is 0.497 e. The van der Waals surface area contributed by atoms with Crippen LogP contribution < -0.4 is 24.6 Å². The van der Waals surface area contributed by atoms with Gasteiger partial charge in [0.2, 0.25) is 0 Å². The van der Waals surface area contributed by atoms with Crippen LogP contribution in [0, 0.1) is 0 Å². The number of rotatable bonds is 5. The van der Waals surface area contributed by atoms with Crippen molar-refractivity contribution in [1.82, 2.24) is 4.90 Å². The summed E-state index contributed by atoms with van der Waals surface area (Å²) in [6.07, 6.45) is 0. The van der Waals surface area contributed by atoms with Crippen LogP contribution in [-0.2, 0) is 0 Å². The zero-order valence-corrected chi connectivity index (χ0v) is 16.3. The fourth-order valence-corrected chi connectivity index (χ4v) is 3.34. The molecule has 0 spiro atoms. The van der Waals surface area contributed by atoms with E-state index in [0.29, 0.717) is 18.7 Å². The molecule has 0 N–H and O–H groups in total. The number of hydrogen-bond donors (Lipinski definition) is 0. The number of methoxy groups -OCH3 is 3. The highest BCUT2D eigenvalue weighted by atomic mass is 16.5. The summed E-state index contributed by atoms with van der Waals surface area (Å²) >= 11 is 0. The first kappa shape index (κ1) is 19.0. The third-order valence-corrected chi connectivity index (χ3v) is 4.91. The van der Waals surface area contributed by atoms with Gasteiger partial charge in [-0.1, -0.05) is 6.07 Å². The van der Waals surface area contributed by atoms with Crippen molar-refractivity contribution in [2.75, 3.05) is 52.4 Å². The smallest absolute Gasteiger partial charge is 0.253 e. The minimum Gasteiger partial charge on any atom is -0.497 e. The molecule has 1 amide bonds. The summed E-state index contributed by atoms with van der Waals surface area (Å²) in [4.78, 5) is 17.0. The van der Waals surface area contributed by atoms with Gasteiger partial charge in [0.05, 0.1) is 21.3 Å². The second kappa shape index (κ2) is 8.25. The zero-order valence-electron chi connectivity index (χ0n) is 16.3. The number of anilines is 1. The van der Waals surface area contributed by atoms with Crippen molar-refractivity contribution >= 4 is 24.9 Å². The summed E-state index contributed by atoms with van der Waals surface area (Å²) in [5.41, 5.74) is 2.70. The van der Waals surface area contributed by atoms with E-state index in [1.807, 2.05) is 49.1 Å². The summed E-state index contributed by atoms with van der Waals surface area (Å²) in [5, 5.41) is 0. The number of benzene rings is 2. The van der Waals surface area contributed by atoms with Crippen molar-refractivity contribution in [2.24, 2.45) is 0 Å². The average Bonchev–Trinajstić information content (AvgIpc) is 2.72. The third-order valence-electron chi connectivity index (χ3n) is 4.91. The van der Waals surface area contributed by atoms with Crippen LogP contribution in [0.3, 0.4) is 0 Å². The Morgan fingerprint density at radius 2 is 1.52 bits per heavy atom. The van der Waals surface area contributed by atoms with Crippen molar-refractivity contribution < 1.29 is 19.0 Å². The lowest BCUT2D eigenvalue weighted by atomic mass is 9.92. The number of nitrogens with zero attached hydrogens (tertiary/aromatic N) is 2. The Morgan fingerprint density at radius 3 is 2.04 bits per heavy atom. The molecule has 0 radical (unpaired) electrons. The van der Waals surface area contributed by atoms with Gasteiger partial charge < -0.3 is 24.0 Å². The molecule has 3 rings (SSSR count). The van der Waals surface area contributed by atoms with E-state index in [2.05, 4.69) is 4.90 Å². The van der Waals surface area contributed by atoms with Gasteiger partial charge in [0.15, 0.2) is 0 Å². The van der Waals surface area contributed by atoms with Crippen molar-refractivity contribution in [2.45, 2.75) is 0 Å². The first-order chi connectivity index (χ1) is 13.0. The Hall–Kier alpha value is -2.83. The number of piperazine rings is 1. The first-order valence-corrected chi connectivity index (χ1v) is 8.97. The van der Waals surface area contributed by atoms with E-state index in [0.717, 1.165) is 41.5 Å². The van der Waals surface area contributed by atoms with Gasteiger partial charge in [0.25, 0.3) is 5.91 Å². The Balaban J connectivity index is 1.68. The highest BCUT2D eigenvalue weighted by Gasteiger charge is 2.23. The molecular weight excluding hydrogens is 343 g/mol. The number of hydrogen-bond acceptors (Lipinski definition) is 5. The molecule has 1 aliphatic rings. The molecule has 7 heteroatoms. The van der Waals surface area contributed by atoms with Gasteiger partial charge in [-0.05, 0) is 17.6 Å². The van der Waals surface area contributed by atoms with Gasteiger partial charge in [-0.2, -0.15) is 0 Å². The van der Waals surface area contributed by atoms with E-state index in [1.54, 1.807) is 21.3 Å². The van der Waals surface area contributed by atoms with E-state index in [9.17, 15) is 4.79 Å². The standard InChI is InChI=1S/C20H25BN2O4/c1-25-16-11-15(12-17(13-16)26-2)22-6-8-23(9-7-22)20(24)14-4-5-19(27-3)18(21)10-14/h4-5,10-13H,6-9,21H2,1-3H3. The Morgan fingerprint density at radius 1 is 0.889 bits per heavy atom. The van der Waals surface area contributed by atoms with Crippen LogP contribution in [0.15, 0.2) is 36.4 Å². The predicted molar refractivity (Wildman–Crippen MR) is 109 cm³/mol. The van der Waals surface area contributed by atoms with Gasteiger partial charge >= 0.3 is 0 Å². The van der Waals surface area contributed by atoms with Crippen LogP contribution in [-0.4, -0.2) is 66.2 Å². The van der Waals surface area contributed by atoms with E-state index >= 15 is 0 Å². The van der Waals surface area contributed by atoms with Crippen molar-refractivity contribution in [3.63, 3.8) is 0 Å². The maximum absolute atomic E-state index is 12.8. The van der Waals surface area contributed by atoms with Crippen molar-refractivity contribution in [3.05, 3.63) is 42.0 Å². The quantitative estimate of drug-likeness (QED) is 0.736. The zero-order chi connectivity index (χ0) is 19.4. The Labute approximate surface area is 161 Å². The SMILES string of the molecule is Bc1cc(C(=O)N2CCN(c3cc(OC)cc(OC)c3)CC2)ccc1OC. The minimum atomic E-state index is 0.0589. The molecule has 0 unspecified atom stereocenters. The second-order valence-corrected chi connectivity index (χ2v) is 6.53. The number of carbonyl (C=O) groups excluding carboxylic acids is 1. The highest BCUT2D eigenvalue weighted by Crippen LogP contribution is 2.29. The topological polar surface area (TPSA) is 51.2 Å². The molecular formula is C20H25BN2O4. The van der Waals surface area contributed by atoms with Gasteiger partial charge in [0.1, 0.15) is 25.1 Å². The summed E-state index contributed by atoms with van der Waals surface area (Å²) in [6.45, 7) is 2.86. The Kier molecular flexibility index (Phi) is 5.79. The normalized spacial score (nSPS) is 14.0. The minimum absolute atomic E-state index is 0.0589. The molecule has 2 aromatic rings. The molecule has 1 heterocycles. The van der Waals surface area contributed by atoms with Crippen LogP contribution in [0.2, 0.25) is 0 Å². The van der Waals surface area contributed by atoms with Crippen LogP contribution >= 0.6 is 0 Å². The monoisotopic (exact) mass is 368 g/mol. The highest BCUT2D eigenvalue weighted by molar-refractivity contribution is 6.34. The fourth-order valence-electron chi connectivity index (χ4n) is 3.34. The van der Waals surface area contributed by atoms with E-state index in [-0.39, 0.29) is 5.91 Å². The van der Waals surface area contributed by atoms with Gasteiger partial charge in [0, 0.05) is 55.6 Å². The molecule has 142 valence electrons. The molecule has 6 nitrogen and oxygen atoms in total. The van der Waals surface area contributed by atoms with Gasteiger partial charge in [-0.3, -0.25) is 4.79 Å². The third kappa shape index (κ3) is 4.13. The average molecular weight is 368 g/mol. The maximum Gasteiger partial charge on any atom is 0.253 e. The van der Waals surface area contributed by atoms with Gasteiger partial charge in [-0.25, -0.2) is 0 Å². The van der Waals surface area contributed by atoms with Crippen molar-refractivity contribution in [1.29, 1.82) is 0 Å². The van der Waals surface area contributed by atoms with Crippen molar-refractivity contribution in [3.8, 4) is 17.2 Å². The molecule has 27 heavy (non-hydrogen) atoms. The summed E-state index contributed by atoms with van der Waals surface area (Å²) < 4.78 is 16.0. The second-order valence-electron chi connectivity index (χ2n) is 6.53. The predicted octanol–water partition coefficient (Wildman–Crippen LogP) is 0.933.